The summed E-state index contributed by atoms with van der Waals surface area (Å²) in [5.41, 5.74) is -1.30. The van der Waals surface area contributed by atoms with Gasteiger partial charge >= 0.3 is 0 Å². The van der Waals surface area contributed by atoms with Crippen LogP contribution in [0.3, 0.4) is 0 Å². The molecule has 0 N–H and O–H groups in total. The van der Waals surface area contributed by atoms with Crippen molar-refractivity contribution in [3.8, 4) is 0 Å². The van der Waals surface area contributed by atoms with Crippen molar-refractivity contribution in [3.05, 3.63) is 29.1 Å². The van der Waals surface area contributed by atoms with Crippen molar-refractivity contribution in [1.82, 2.24) is 4.98 Å². The van der Waals surface area contributed by atoms with Crippen LogP contribution in [-0.4, -0.2) is 4.98 Å². The summed E-state index contributed by atoms with van der Waals surface area (Å²) in [5, 5.41) is 0. The lowest BCUT2D eigenvalue weighted by molar-refractivity contribution is 0.139. The molecule has 0 amide bonds. The van der Waals surface area contributed by atoms with Gasteiger partial charge in [0.25, 0.3) is 6.43 Å². The largest absolute Gasteiger partial charge is 0.283 e. The molecule has 0 fully saturated rings. The minimum Gasteiger partial charge on any atom is -0.216 e. The molecule has 66 valence electrons. The van der Waals surface area contributed by atoms with Crippen LogP contribution in [-0.2, 0) is 0 Å². The standard InChI is InChI=1S/C7H5F4N/c1-3-2-4(8)12-6(5(3)9)7(10)11/h2,7H,1H3. The third-order valence-electron chi connectivity index (χ3n) is 1.34. The number of pyridine rings is 1. The molecule has 1 aromatic rings. The maximum Gasteiger partial charge on any atom is 0.283 e. The molecular weight excluding hydrogens is 174 g/mol. The summed E-state index contributed by atoms with van der Waals surface area (Å²) in [4.78, 5) is 2.74. The summed E-state index contributed by atoms with van der Waals surface area (Å²) >= 11 is 0. The number of hydrogen-bond acceptors (Lipinski definition) is 1. The van der Waals surface area contributed by atoms with Crippen LogP contribution in [0.15, 0.2) is 6.07 Å². The number of alkyl halides is 2. The Bertz CT molecular complexity index is 298. The van der Waals surface area contributed by atoms with Gasteiger partial charge in [-0.05, 0) is 18.6 Å². The number of rotatable bonds is 1. The van der Waals surface area contributed by atoms with Gasteiger partial charge in [-0.2, -0.15) is 4.39 Å². The summed E-state index contributed by atoms with van der Waals surface area (Å²) in [6, 6.07) is 0.765. The molecule has 0 aliphatic carbocycles. The average molecular weight is 179 g/mol. The highest BCUT2D eigenvalue weighted by molar-refractivity contribution is 5.19. The maximum atomic E-state index is 12.7. The highest BCUT2D eigenvalue weighted by Gasteiger charge is 2.18. The van der Waals surface area contributed by atoms with Crippen molar-refractivity contribution in [2.75, 3.05) is 0 Å². The maximum absolute atomic E-state index is 12.7. The molecule has 1 aromatic heterocycles. The lowest BCUT2D eigenvalue weighted by Gasteiger charge is -2.02. The van der Waals surface area contributed by atoms with Crippen molar-refractivity contribution in [3.63, 3.8) is 0 Å². The zero-order valence-corrected chi connectivity index (χ0v) is 6.11. The van der Waals surface area contributed by atoms with E-state index < -0.39 is 23.9 Å². The normalized spacial score (nSPS) is 10.8. The predicted octanol–water partition coefficient (Wildman–Crippen LogP) is 2.61. The molecule has 0 atom stereocenters. The van der Waals surface area contributed by atoms with Gasteiger partial charge in [0.05, 0.1) is 0 Å². The molecule has 0 aliphatic rings. The molecule has 0 aliphatic heterocycles. The molecule has 0 spiro atoms. The van der Waals surface area contributed by atoms with E-state index in [9.17, 15) is 17.6 Å². The Morgan fingerprint density at radius 2 is 1.92 bits per heavy atom. The van der Waals surface area contributed by atoms with Crippen LogP contribution in [0.2, 0.25) is 0 Å². The lowest BCUT2D eigenvalue weighted by Crippen LogP contribution is -2.00. The summed E-state index contributed by atoms with van der Waals surface area (Å²) in [6.45, 7) is 1.20. The van der Waals surface area contributed by atoms with Crippen molar-refractivity contribution in [2.24, 2.45) is 0 Å². The van der Waals surface area contributed by atoms with Crippen LogP contribution in [0.5, 0.6) is 0 Å². The Hall–Kier alpha value is -1.13. The number of nitrogens with zero attached hydrogens (tertiary/aromatic N) is 1. The molecule has 0 saturated heterocycles. The van der Waals surface area contributed by atoms with E-state index in [2.05, 4.69) is 4.98 Å². The van der Waals surface area contributed by atoms with E-state index in [-0.39, 0.29) is 5.56 Å². The molecule has 0 bridgehead atoms. The predicted molar refractivity (Wildman–Crippen MR) is 33.8 cm³/mol. The third-order valence-corrected chi connectivity index (χ3v) is 1.34. The summed E-state index contributed by atoms with van der Waals surface area (Å²) < 4.78 is 48.9. The van der Waals surface area contributed by atoms with E-state index in [1.54, 1.807) is 0 Å². The van der Waals surface area contributed by atoms with Gasteiger partial charge in [0.2, 0.25) is 5.95 Å². The fourth-order valence-corrected chi connectivity index (χ4v) is 0.785. The van der Waals surface area contributed by atoms with Gasteiger partial charge in [-0.3, -0.25) is 0 Å². The fourth-order valence-electron chi connectivity index (χ4n) is 0.785. The highest BCUT2D eigenvalue weighted by atomic mass is 19.3. The number of halogens is 4. The smallest absolute Gasteiger partial charge is 0.216 e. The van der Waals surface area contributed by atoms with Crippen molar-refractivity contribution in [1.29, 1.82) is 0 Å². The van der Waals surface area contributed by atoms with Crippen LogP contribution in [0, 0.1) is 18.7 Å². The fraction of sp³-hybridized carbons (Fsp3) is 0.286. The average Bonchev–Trinajstić information content (AvgIpc) is 1.96. The number of aromatic nitrogens is 1. The minimum atomic E-state index is -3.08. The first-order valence-corrected chi connectivity index (χ1v) is 3.13. The Kier molecular flexibility index (Phi) is 2.30. The van der Waals surface area contributed by atoms with E-state index in [1.807, 2.05) is 0 Å². The quantitative estimate of drug-likeness (QED) is 0.477. The number of aryl methyl sites for hydroxylation is 1. The van der Waals surface area contributed by atoms with E-state index >= 15 is 0 Å². The van der Waals surface area contributed by atoms with E-state index in [0.29, 0.717) is 0 Å². The zero-order chi connectivity index (χ0) is 9.30. The summed E-state index contributed by atoms with van der Waals surface area (Å²) in [5.74, 6) is -2.24. The van der Waals surface area contributed by atoms with Gasteiger partial charge in [-0.1, -0.05) is 0 Å². The van der Waals surface area contributed by atoms with Crippen molar-refractivity contribution < 1.29 is 17.6 Å². The Labute approximate surface area is 66.0 Å². The molecule has 1 heterocycles. The summed E-state index contributed by atoms with van der Waals surface area (Å²) in [6.07, 6.45) is -3.08. The van der Waals surface area contributed by atoms with Crippen LogP contribution >= 0.6 is 0 Å². The molecule has 0 saturated carbocycles. The van der Waals surface area contributed by atoms with Crippen molar-refractivity contribution in [2.45, 2.75) is 13.3 Å². The second-order valence-corrected chi connectivity index (χ2v) is 2.26. The Morgan fingerprint density at radius 3 is 2.42 bits per heavy atom. The van der Waals surface area contributed by atoms with E-state index in [4.69, 9.17) is 0 Å². The highest BCUT2D eigenvalue weighted by Crippen LogP contribution is 2.21. The van der Waals surface area contributed by atoms with E-state index in [0.717, 1.165) is 6.07 Å². The topological polar surface area (TPSA) is 12.9 Å². The van der Waals surface area contributed by atoms with Crippen LogP contribution in [0.1, 0.15) is 17.7 Å². The molecule has 0 unspecified atom stereocenters. The van der Waals surface area contributed by atoms with Gasteiger partial charge < -0.3 is 0 Å². The first-order valence-electron chi connectivity index (χ1n) is 3.13. The molecular formula is C7H5F4N. The van der Waals surface area contributed by atoms with E-state index in [1.165, 1.54) is 6.92 Å². The zero-order valence-electron chi connectivity index (χ0n) is 6.11. The first kappa shape index (κ1) is 8.96. The second kappa shape index (κ2) is 3.08. The van der Waals surface area contributed by atoms with Gasteiger partial charge in [-0.25, -0.2) is 18.2 Å². The van der Waals surface area contributed by atoms with Crippen molar-refractivity contribution >= 4 is 0 Å². The first-order chi connectivity index (χ1) is 5.52. The minimum absolute atomic E-state index is 0.169. The molecule has 0 aromatic carbocycles. The molecule has 1 nitrogen and oxygen atoms in total. The lowest BCUT2D eigenvalue weighted by atomic mass is 10.2. The van der Waals surface area contributed by atoms with Crippen LogP contribution in [0.4, 0.5) is 17.6 Å². The Morgan fingerprint density at radius 1 is 1.33 bits per heavy atom. The van der Waals surface area contributed by atoms with Crippen LogP contribution in [0.25, 0.3) is 0 Å². The van der Waals surface area contributed by atoms with Gasteiger partial charge in [-0.15, -0.1) is 0 Å². The molecule has 5 heteroatoms. The summed E-state index contributed by atoms with van der Waals surface area (Å²) in [7, 11) is 0. The molecule has 12 heavy (non-hydrogen) atoms. The number of hydrogen-bond donors (Lipinski definition) is 0. The monoisotopic (exact) mass is 179 g/mol. The van der Waals surface area contributed by atoms with Gasteiger partial charge in [0.15, 0.2) is 5.82 Å². The van der Waals surface area contributed by atoms with Gasteiger partial charge in [0.1, 0.15) is 5.69 Å². The van der Waals surface area contributed by atoms with Gasteiger partial charge in [0, 0.05) is 0 Å². The molecule has 0 radical (unpaired) electrons. The third kappa shape index (κ3) is 1.54. The Balaban J connectivity index is 3.28. The SMILES string of the molecule is Cc1cc(F)nc(C(F)F)c1F. The van der Waals surface area contributed by atoms with Crippen LogP contribution < -0.4 is 0 Å². The second-order valence-electron chi connectivity index (χ2n) is 2.26. The molecule has 1 rings (SSSR count).